The van der Waals surface area contributed by atoms with Crippen molar-refractivity contribution in [3.8, 4) is 5.88 Å². The standard InChI is InChI=1S/C15H23ClN2O2/c1-9(2)14-17-13(16)10(3)15(18-14)20-12-7-5-6-11(8-12)19-4/h9,11-12H,5-8H2,1-4H3. The summed E-state index contributed by atoms with van der Waals surface area (Å²) in [6.07, 6.45) is 4.62. The highest BCUT2D eigenvalue weighted by Crippen LogP contribution is 2.29. The Hall–Kier alpha value is -0.870. The van der Waals surface area contributed by atoms with Crippen LogP contribution in [0, 0.1) is 6.92 Å². The molecule has 1 fully saturated rings. The fraction of sp³-hybridized carbons (Fsp3) is 0.733. The van der Waals surface area contributed by atoms with Crippen LogP contribution in [0.3, 0.4) is 0 Å². The highest BCUT2D eigenvalue weighted by Gasteiger charge is 2.25. The Morgan fingerprint density at radius 2 is 1.90 bits per heavy atom. The Balaban J connectivity index is 2.15. The topological polar surface area (TPSA) is 44.2 Å². The molecular formula is C15H23ClN2O2. The number of rotatable bonds is 4. The number of hydrogen-bond acceptors (Lipinski definition) is 4. The minimum Gasteiger partial charge on any atom is -0.474 e. The maximum absolute atomic E-state index is 6.18. The normalized spacial score (nSPS) is 23.1. The summed E-state index contributed by atoms with van der Waals surface area (Å²) in [7, 11) is 1.76. The molecule has 1 aliphatic carbocycles. The highest BCUT2D eigenvalue weighted by molar-refractivity contribution is 6.30. The summed E-state index contributed by atoms with van der Waals surface area (Å²) in [5.74, 6) is 1.58. The second kappa shape index (κ2) is 6.72. The molecule has 0 radical (unpaired) electrons. The minimum absolute atomic E-state index is 0.151. The van der Waals surface area contributed by atoms with Crippen LogP contribution in [0.5, 0.6) is 5.88 Å². The average Bonchev–Trinajstić information content (AvgIpc) is 2.43. The van der Waals surface area contributed by atoms with Crippen LogP contribution >= 0.6 is 11.6 Å². The summed E-state index contributed by atoms with van der Waals surface area (Å²) < 4.78 is 11.5. The Morgan fingerprint density at radius 3 is 2.55 bits per heavy atom. The van der Waals surface area contributed by atoms with Gasteiger partial charge in [-0.05, 0) is 26.2 Å². The van der Waals surface area contributed by atoms with Gasteiger partial charge in [0.25, 0.3) is 0 Å². The second-order valence-corrected chi connectivity index (χ2v) is 6.08. The van der Waals surface area contributed by atoms with E-state index >= 15 is 0 Å². The SMILES string of the molecule is COC1CCCC(Oc2nc(C(C)C)nc(Cl)c2C)C1. The summed E-state index contributed by atoms with van der Waals surface area (Å²) in [5, 5.41) is 0.484. The van der Waals surface area contributed by atoms with Gasteiger partial charge in [-0.3, -0.25) is 0 Å². The molecule has 0 amide bonds. The van der Waals surface area contributed by atoms with E-state index in [-0.39, 0.29) is 18.1 Å². The molecule has 20 heavy (non-hydrogen) atoms. The monoisotopic (exact) mass is 298 g/mol. The van der Waals surface area contributed by atoms with E-state index in [1.54, 1.807) is 7.11 Å². The van der Waals surface area contributed by atoms with E-state index < -0.39 is 0 Å². The molecule has 2 atom stereocenters. The van der Waals surface area contributed by atoms with E-state index in [0.29, 0.717) is 11.0 Å². The smallest absolute Gasteiger partial charge is 0.221 e. The van der Waals surface area contributed by atoms with Gasteiger partial charge >= 0.3 is 0 Å². The first kappa shape index (κ1) is 15.5. The van der Waals surface area contributed by atoms with Gasteiger partial charge in [-0.15, -0.1) is 0 Å². The quantitative estimate of drug-likeness (QED) is 0.791. The largest absolute Gasteiger partial charge is 0.474 e. The summed E-state index contributed by atoms with van der Waals surface area (Å²) in [5.41, 5.74) is 0.815. The van der Waals surface area contributed by atoms with Gasteiger partial charge in [0.05, 0.1) is 6.10 Å². The van der Waals surface area contributed by atoms with E-state index in [1.807, 2.05) is 20.8 Å². The van der Waals surface area contributed by atoms with E-state index in [9.17, 15) is 0 Å². The molecule has 0 N–H and O–H groups in total. The number of nitrogens with zero attached hydrogens (tertiary/aromatic N) is 2. The first-order valence-electron chi connectivity index (χ1n) is 7.24. The van der Waals surface area contributed by atoms with E-state index in [1.165, 1.54) is 0 Å². The van der Waals surface area contributed by atoms with Crippen molar-refractivity contribution < 1.29 is 9.47 Å². The lowest BCUT2D eigenvalue weighted by molar-refractivity contribution is 0.0191. The molecule has 0 aromatic carbocycles. The molecule has 1 aliphatic rings. The third-order valence-electron chi connectivity index (χ3n) is 3.77. The fourth-order valence-electron chi connectivity index (χ4n) is 2.44. The molecule has 5 heteroatoms. The number of methoxy groups -OCH3 is 1. The molecule has 1 aromatic rings. The van der Waals surface area contributed by atoms with Crippen molar-refractivity contribution >= 4 is 11.6 Å². The fourth-order valence-corrected chi connectivity index (χ4v) is 2.61. The van der Waals surface area contributed by atoms with E-state index in [2.05, 4.69) is 9.97 Å². The van der Waals surface area contributed by atoms with Crippen molar-refractivity contribution in [2.24, 2.45) is 0 Å². The minimum atomic E-state index is 0.151. The molecular weight excluding hydrogens is 276 g/mol. The zero-order valence-corrected chi connectivity index (χ0v) is 13.4. The Labute approximate surface area is 125 Å². The van der Waals surface area contributed by atoms with Crippen LogP contribution < -0.4 is 4.74 Å². The van der Waals surface area contributed by atoms with Crippen LogP contribution in [0.4, 0.5) is 0 Å². The predicted molar refractivity (Wildman–Crippen MR) is 79.5 cm³/mol. The lowest BCUT2D eigenvalue weighted by Crippen LogP contribution is -2.30. The maximum Gasteiger partial charge on any atom is 0.221 e. The van der Waals surface area contributed by atoms with Gasteiger partial charge in [0, 0.05) is 25.0 Å². The van der Waals surface area contributed by atoms with Gasteiger partial charge in [-0.2, -0.15) is 4.98 Å². The highest BCUT2D eigenvalue weighted by atomic mass is 35.5. The van der Waals surface area contributed by atoms with Crippen molar-refractivity contribution in [1.29, 1.82) is 0 Å². The molecule has 2 unspecified atom stereocenters. The summed E-state index contributed by atoms with van der Waals surface area (Å²) in [6, 6.07) is 0. The van der Waals surface area contributed by atoms with Crippen molar-refractivity contribution in [2.75, 3.05) is 7.11 Å². The van der Waals surface area contributed by atoms with Crippen molar-refractivity contribution in [3.05, 3.63) is 16.5 Å². The van der Waals surface area contributed by atoms with Crippen LogP contribution in [-0.2, 0) is 4.74 Å². The number of ether oxygens (including phenoxy) is 2. The Morgan fingerprint density at radius 1 is 1.20 bits per heavy atom. The Bertz CT molecular complexity index is 465. The van der Waals surface area contributed by atoms with Gasteiger partial charge in [0.2, 0.25) is 5.88 Å². The molecule has 112 valence electrons. The Kier molecular flexibility index (Phi) is 5.22. The van der Waals surface area contributed by atoms with Crippen molar-refractivity contribution in [1.82, 2.24) is 9.97 Å². The van der Waals surface area contributed by atoms with Gasteiger partial charge in [-0.25, -0.2) is 4.98 Å². The average molecular weight is 299 g/mol. The van der Waals surface area contributed by atoms with Gasteiger partial charge in [0.1, 0.15) is 17.1 Å². The van der Waals surface area contributed by atoms with Crippen LogP contribution in [0.1, 0.15) is 56.8 Å². The van der Waals surface area contributed by atoms with Crippen LogP contribution in [0.2, 0.25) is 5.15 Å². The first-order valence-corrected chi connectivity index (χ1v) is 7.62. The molecule has 0 aliphatic heterocycles. The molecule has 2 rings (SSSR count). The summed E-state index contributed by atoms with van der Waals surface area (Å²) in [4.78, 5) is 8.83. The van der Waals surface area contributed by atoms with Gasteiger partial charge in [-0.1, -0.05) is 25.4 Å². The number of hydrogen-bond donors (Lipinski definition) is 0. The molecule has 1 saturated carbocycles. The number of halogens is 1. The van der Waals surface area contributed by atoms with Gasteiger partial charge in [0.15, 0.2) is 0 Å². The van der Waals surface area contributed by atoms with Crippen LogP contribution in [0.25, 0.3) is 0 Å². The zero-order chi connectivity index (χ0) is 14.7. The lowest BCUT2D eigenvalue weighted by Gasteiger charge is -2.28. The molecule has 1 heterocycles. The zero-order valence-electron chi connectivity index (χ0n) is 12.6. The van der Waals surface area contributed by atoms with Crippen LogP contribution in [-0.4, -0.2) is 29.3 Å². The summed E-state index contributed by atoms with van der Waals surface area (Å²) >= 11 is 6.18. The summed E-state index contributed by atoms with van der Waals surface area (Å²) in [6.45, 7) is 6.00. The maximum atomic E-state index is 6.18. The molecule has 0 saturated heterocycles. The van der Waals surface area contributed by atoms with E-state index in [4.69, 9.17) is 21.1 Å². The van der Waals surface area contributed by atoms with Crippen LogP contribution in [0.15, 0.2) is 0 Å². The van der Waals surface area contributed by atoms with E-state index in [0.717, 1.165) is 37.1 Å². The molecule has 0 bridgehead atoms. The third kappa shape index (κ3) is 3.61. The molecule has 4 nitrogen and oxygen atoms in total. The lowest BCUT2D eigenvalue weighted by atomic mass is 9.95. The number of aromatic nitrogens is 2. The predicted octanol–water partition coefficient (Wildman–Crippen LogP) is 3.90. The molecule has 1 aromatic heterocycles. The van der Waals surface area contributed by atoms with Crippen molar-refractivity contribution in [2.45, 2.75) is 64.6 Å². The van der Waals surface area contributed by atoms with Gasteiger partial charge < -0.3 is 9.47 Å². The van der Waals surface area contributed by atoms with Crippen molar-refractivity contribution in [3.63, 3.8) is 0 Å². The third-order valence-corrected chi connectivity index (χ3v) is 4.13. The molecule has 0 spiro atoms. The second-order valence-electron chi connectivity index (χ2n) is 5.72. The first-order chi connectivity index (χ1) is 9.51.